The summed E-state index contributed by atoms with van der Waals surface area (Å²) < 4.78 is 13.4. The fourth-order valence-corrected chi connectivity index (χ4v) is 2.29. The van der Waals surface area contributed by atoms with Crippen LogP contribution in [0.25, 0.3) is 0 Å². The molecular formula is C15H19FN2O2. The summed E-state index contributed by atoms with van der Waals surface area (Å²) in [6.45, 7) is 0.667. The minimum absolute atomic E-state index is 0.123. The van der Waals surface area contributed by atoms with Gasteiger partial charge < -0.3 is 10.6 Å². The second kappa shape index (κ2) is 7.03. The van der Waals surface area contributed by atoms with Gasteiger partial charge in [0.2, 0.25) is 11.8 Å². The molecule has 0 saturated carbocycles. The second-order valence-corrected chi connectivity index (χ2v) is 5.00. The number of amides is 2. The highest BCUT2D eigenvalue weighted by Gasteiger charge is 2.22. The molecule has 0 unspecified atom stereocenters. The van der Waals surface area contributed by atoms with Gasteiger partial charge in [-0.2, -0.15) is 0 Å². The van der Waals surface area contributed by atoms with Crippen LogP contribution in [-0.2, 0) is 16.0 Å². The van der Waals surface area contributed by atoms with Gasteiger partial charge in [0, 0.05) is 13.0 Å². The zero-order chi connectivity index (χ0) is 14.4. The first-order valence-corrected chi connectivity index (χ1v) is 6.97. The maximum atomic E-state index is 13.4. The maximum absolute atomic E-state index is 13.4. The summed E-state index contributed by atoms with van der Waals surface area (Å²) in [5.74, 6) is -0.635. The van der Waals surface area contributed by atoms with E-state index < -0.39 is 6.04 Å². The third kappa shape index (κ3) is 4.05. The van der Waals surface area contributed by atoms with E-state index in [0.717, 1.165) is 12.8 Å². The average molecular weight is 278 g/mol. The smallest absolute Gasteiger partial charge is 0.242 e. The number of hydrogen-bond acceptors (Lipinski definition) is 2. The summed E-state index contributed by atoms with van der Waals surface area (Å²) in [5, 5.41) is 5.49. The molecule has 0 aliphatic carbocycles. The molecule has 1 aromatic carbocycles. The van der Waals surface area contributed by atoms with E-state index in [2.05, 4.69) is 10.6 Å². The van der Waals surface area contributed by atoms with E-state index in [9.17, 15) is 14.0 Å². The second-order valence-electron chi connectivity index (χ2n) is 5.00. The molecule has 1 aliphatic rings. The molecule has 1 atom stereocenters. The Morgan fingerprint density at radius 3 is 2.95 bits per heavy atom. The van der Waals surface area contributed by atoms with E-state index in [-0.39, 0.29) is 24.1 Å². The van der Waals surface area contributed by atoms with Crippen LogP contribution in [0, 0.1) is 5.82 Å². The molecule has 0 bridgehead atoms. The van der Waals surface area contributed by atoms with E-state index in [1.165, 1.54) is 6.07 Å². The van der Waals surface area contributed by atoms with Gasteiger partial charge in [-0.25, -0.2) is 4.39 Å². The van der Waals surface area contributed by atoms with Crippen LogP contribution in [0.2, 0.25) is 0 Å². The standard InChI is InChI=1S/C15H19FN2O2/c16-12-6-2-1-5-11(12)8-9-14(19)18-13-7-3-4-10-17-15(13)20/h1-2,5-6,13H,3-4,7-10H2,(H,17,20)(H,18,19)/t13-/m1/s1. The van der Waals surface area contributed by atoms with Crippen LogP contribution in [0.4, 0.5) is 4.39 Å². The lowest BCUT2D eigenvalue weighted by Gasteiger charge is -2.15. The molecule has 0 aromatic heterocycles. The minimum atomic E-state index is -0.453. The summed E-state index contributed by atoms with van der Waals surface area (Å²) >= 11 is 0. The van der Waals surface area contributed by atoms with Crippen molar-refractivity contribution in [1.82, 2.24) is 10.6 Å². The third-order valence-corrected chi connectivity index (χ3v) is 3.45. The minimum Gasteiger partial charge on any atom is -0.354 e. The summed E-state index contributed by atoms with van der Waals surface area (Å²) in [5.41, 5.74) is 0.521. The highest BCUT2D eigenvalue weighted by atomic mass is 19.1. The van der Waals surface area contributed by atoms with E-state index in [0.29, 0.717) is 24.9 Å². The predicted molar refractivity (Wildman–Crippen MR) is 73.5 cm³/mol. The van der Waals surface area contributed by atoms with Crippen LogP contribution < -0.4 is 10.6 Å². The number of halogens is 1. The molecule has 2 amide bonds. The third-order valence-electron chi connectivity index (χ3n) is 3.45. The van der Waals surface area contributed by atoms with Crippen molar-refractivity contribution in [3.05, 3.63) is 35.6 Å². The lowest BCUT2D eigenvalue weighted by Crippen LogP contribution is -2.45. The summed E-state index contributed by atoms with van der Waals surface area (Å²) in [7, 11) is 0. The van der Waals surface area contributed by atoms with Crippen LogP contribution in [0.3, 0.4) is 0 Å². The Kier molecular flexibility index (Phi) is 5.09. The highest BCUT2D eigenvalue weighted by Crippen LogP contribution is 2.10. The van der Waals surface area contributed by atoms with Gasteiger partial charge in [-0.1, -0.05) is 18.2 Å². The molecule has 4 nitrogen and oxygen atoms in total. The molecule has 108 valence electrons. The van der Waals surface area contributed by atoms with Crippen molar-refractivity contribution in [3.63, 3.8) is 0 Å². The highest BCUT2D eigenvalue weighted by molar-refractivity contribution is 5.87. The summed E-state index contributed by atoms with van der Waals surface area (Å²) in [6, 6.07) is 5.96. The Bertz CT molecular complexity index is 491. The Morgan fingerprint density at radius 2 is 2.15 bits per heavy atom. The van der Waals surface area contributed by atoms with Gasteiger partial charge >= 0.3 is 0 Å². The van der Waals surface area contributed by atoms with Crippen molar-refractivity contribution < 1.29 is 14.0 Å². The molecule has 1 fully saturated rings. The number of rotatable bonds is 4. The van der Waals surface area contributed by atoms with Crippen LogP contribution in [0.1, 0.15) is 31.2 Å². The van der Waals surface area contributed by atoms with E-state index in [1.807, 2.05) is 0 Å². The van der Waals surface area contributed by atoms with Gasteiger partial charge in [0.25, 0.3) is 0 Å². The van der Waals surface area contributed by atoms with Crippen molar-refractivity contribution in [2.45, 2.75) is 38.1 Å². The number of nitrogens with one attached hydrogen (secondary N) is 2. The van der Waals surface area contributed by atoms with Crippen molar-refractivity contribution in [3.8, 4) is 0 Å². The monoisotopic (exact) mass is 278 g/mol. The molecule has 20 heavy (non-hydrogen) atoms. The molecule has 2 rings (SSSR count). The number of carbonyl (C=O) groups is 2. The molecular weight excluding hydrogens is 259 g/mol. The van der Waals surface area contributed by atoms with Gasteiger partial charge in [-0.05, 0) is 37.3 Å². The van der Waals surface area contributed by atoms with Gasteiger partial charge in [-0.3, -0.25) is 9.59 Å². The Morgan fingerprint density at radius 1 is 1.35 bits per heavy atom. The number of aryl methyl sites for hydroxylation is 1. The molecule has 1 heterocycles. The zero-order valence-electron chi connectivity index (χ0n) is 11.3. The lowest BCUT2D eigenvalue weighted by atomic mass is 10.1. The predicted octanol–water partition coefficient (Wildman–Crippen LogP) is 1.54. The van der Waals surface area contributed by atoms with E-state index in [4.69, 9.17) is 0 Å². The van der Waals surface area contributed by atoms with Crippen molar-refractivity contribution in [2.24, 2.45) is 0 Å². The number of hydrogen-bond donors (Lipinski definition) is 2. The Hall–Kier alpha value is -1.91. The molecule has 5 heteroatoms. The van der Waals surface area contributed by atoms with Crippen LogP contribution in [0.5, 0.6) is 0 Å². The molecule has 2 N–H and O–H groups in total. The first-order valence-electron chi connectivity index (χ1n) is 6.97. The topological polar surface area (TPSA) is 58.2 Å². The summed E-state index contributed by atoms with van der Waals surface area (Å²) in [4.78, 5) is 23.5. The molecule has 0 radical (unpaired) electrons. The first kappa shape index (κ1) is 14.5. The molecule has 0 spiro atoms. The van der Waals surface area contributed by atoms with Crippen LogP contribution in [0.15, 0.2) is 24.3 Å². The van der Waals surface area contributed by atoms with Crippen LogP contribution in [-0.4, -0.2) is 24.4 Å². The zero-order valence-corrected chi connectivity index (χ0v) is 11.3. The summed E-state index contributed by atoms with van der Waals surface area (Å²) in [6.07, 6.45) is 3.04. The van der Waals surface area contributed by atoms with Gasteiger partial charge in [0.15, 0.2) is 0 Å². The molecule has 1 saturated heterocycles. The fourth-order valence-electron chi connectivity index (χ4n) is 2.29. The quantitative estimate of drug-likeness (QED) is 0.878. The average Bonchev–Trinajstić information content (AvgIpc) is 2.63. The van der Waals surface area contributed by atoms with Gasteiger partial charge in [-0.15, -0.1) is 0 Å². The van der Waals surface area contributed by atoms with Crippen molar-refractivity contribution in [1.29, 1.82) is 0 Å². The number of benzene rings is 1. The maximum Gasteiger partial charge on any atom is 0.242 e. The van der Waals surface area contributed by atoms with E-state index >= 15 is 0 Å². The fraction of sp³-hybridized carbons (Fsp3) is 0.467. The SMILES string of the molecule is O=C(CCc1ccccc1F)N[C@@H]1CCCCNC1=O. The van der Waals surface area contributed by atoms with Gasteiger partial charge in [0.1, 0.15) is 11.9 Å². The van der Waals surface area contributed by atoms with E-state index in [1.54, 1.807) is 18.2 Å². The molecule has 1 aliphatic heterocycles. The first-order chi connectivity index (χ1) is 9.66. The normalized spacial score (nSPS) is 19.1. The Balaban J connectivity index is 1.83. The van der Waals surface area contributed by atoms with Crippen molar-refractivity contribution in [2.75, 3.05) is 6.54 Å². The number of carbonyl (C=O) groups excluding carboxylic acids is 2. The lowest BCUT2D eigenvalue weighted by molar-refractivity contribution is -0.128. The van der Waals surface area contributed by atoms with Crippen molar-refractivity contribution >= 4 is 11.8 Å². The Labute approximate surface area is 117 Å². The van der Waals surface area contributed by atoms with Gasteiger partial charge in [0.05, 0.1) is 0 Å². The molecule has 1 aromatic rings. The largest absolute Gasteiger partial charge is 0.354 e. The van der Waals surface area contributed by atoms with Crippen LogP contribution >= 0.6 is 0 Å².